The molecular formula is C16H32. The summed E-state index contributed by atoms with van der Waals surface area (Å²) < 4.78 is 0. The second kappa shape index (κ2) is 8.14. The Morgan fingerprint density at radius 3 is 1.00 bits per heavy atom. The summed E-state index contributed by atoms with van der Waals surface area (Å²) in [6, 6.07) is 0. The fourth-order valence-corrected chi connectivity index (χ4v) is 2.92. The molecule has 0 heterocycles. The van der Waals surface area contributed by atoms with E-state index in [0.29, 0.717) is 5.41 Å². The fourth-order valence-electron chi connectivity index (χ4n) is 2.92. The van der Waals surface area contributed by atoms with Gasteiger partial charge in [-0.2, -0.15) is 0 Å². The van der Waals surface area contributed by atoms with Crippen molar-refractivity contribution in [1.29, 1.82) is 0 Å². The van der Waals surface area contributed by atoms with E-state index in [1.807, 2.05) is 0 Å². The summed E-state index contributed by atoms with van der Waals surface area (Å²) >= 11 is 0. The van der Waals surface area contributed by atoms with Gasteiger partial charge in [0.1, 0.15) is 0 Å². The van der Waals surface area contributed by atoms with Crippen LogP contribution >= 0.6 is 0 Å². The molecule has 0 spiro atoms. The van der Waals surface area contributed by atoms with Crippen molar-refractivity contribution in [3.63, 3.8) is 0 Å². The molecule has 0 bridgehead atoms. The molecule has 96 valence electrons. The van der Waals surface area contributed by atoms with Gasteiger partial charge in [-0.05, 0) is 18.3 Å². The smallest absolute Gasteiger partial charge is 0.0354 e. The lowest BCUT2D eigenvalue weighted by atomic mass is 9.81. The Kier molecular flexibility index (Phi) is 7.16. The van der Waals surface area contributed by atoms with Gasteiger partial charge in [0.2, 0.25) is 0 Å². The minimum atomic E-state index is 0.615. The van der Waals surface area contributed by atoms with Crippen molar-refractivity contribution in [3.8, 4) is 0 Å². The Morgan fingerprint density at radius 1 is 0.438 bits per heavy atom. The Morgan fingerprint density at radius 2 is 0.688 bits per heavy atom. The Hall–Kier alpha value is 0. The first-order chi connectivity index (χ1) is 7.71. The largest absolute Gasteiger partial charge is 0.0599 e. The van der Waals surface area contributed by atoms with E-state index in [-0.39, 0.29) is 0 Å². The van der Waals surface area contributed by atoms with Crippen molar-refractivity contribution in [2.24, 2.45) is 5.41 Å². The highest BCUT2D eigenvalue weighted by atomic mass is 14.2. The van der Waals surface area contributed by atoms with Gasteiger partial charge in [-0.1, -0.05) is 84.5 Å². The normalized spacial score (nSPS) is 25.9. The van der Waals surface area contributed by atoms with Crippen LogP contribution in [0.4, 0.5) is 0 Å². The molecule has 0 heteroatoms. The van der Waals surface area contributed by atoms with E-state index in [2.05, 4.69) is 13.8 Å². The molecule has 1 rings (SSSR count). The van der Waals surface area contributed by atoms with Crippen molar-refractivity contribution in [2.45, 2.75) is 97.3 Å². The minimum Gasteiger partial charge on any atom is -0.0599 e. The first kappa shape index (κ1) is 14.1. The van der Waals surface area contributed by atoms with Crippen molar-refractivity contribution in [1.82, 2.24) is 0 Å². The maximum absolute atomic E-state index is 2.47. The van der Waals surface area contributed by atoms with Gasteiger partial charge in [0.15, 0.2) is 0 Å². The summed E-state index contributed by atoms with van der Waals surface area (Å²) in [6.07, 6.45) is 19.2. The highest BCUT2D eigenvalue weighted by Crippen LogP contribution is 2.30. The average Bonchev–Trinajstić information content (AvgIpc) is 2.24. The third-order valence-corrected chi connectivity index (χ3v) is 4.21. The van der Waals surface area contributed by atoms with Crippen molar-refractivity contribution in [3.05, 3.63) is 0 Å². The SMILES string of the molecule is CC1(C)CCCCCCCCCCCCC1. The molecule has 1 fully saturated rings. The quantitative estimate of drug-likeness (QED) is 0.466. The van der Waals surface area contributed by atoms with Gasteiger partial charge >= 0.3 is 0 Å². The Bertz CT molecular complexity index is 141. The lowest BCUT2D eigenvalue weighted by Gasteiger charge is -2.24. The van der Waals surface area contributed by atoms with Crippen LogP contribution in [0.1, 0.15) is 97.3 Å². The van der Waals surface area contributed by atoms with Crippen LogP contribution in [0.2, 0.25) is 0 Å². The van der Waals surface area contributed by atoms with E-state index >= 15 is 0 Å². The fraction of sp³-hybridized carbons (Fsp3) is 1.00. The first-order valence-corrected chi connectivity index (χ1v) is 7.71. The zero-order chi connectivity index (χ0) is 11.7. The van der Waals surface area contributed by atoms with Crippen molar-refractivity contribution >= 4 is 0 Å². The van der Waals surface area contributed by atoms with E-state index in [4.69, 9.17) is 0 Å². The summed E-state index contributed by atoms with van der Waals surface area (Å²) in [5.74, 6) is 0. The molecule has 0 saturated heterocycles. The lowest BCUT2D eigenvalue weighted by Crippen LogP contribution is -2.11. The molecule has 0 nitrogen and oxygen atoms in total. The second-order valence-electron chi connectivity index (χ2n) is 6.55. The Labute approximate surface area is 103 Å². The molecule has 0 amide bonds. The van der Waals surface area contributed by atoms with Gasteiger partial charge in [0.25, 0.3) is 0 Å². The summed E-state index contributed by atoms with van der Waals surface area (Å²) in [5, 5.41) is 0. The molecule has 0 aromatic heterocycles. The molecule has 0 unspecified atom stereocenters. The minimum absolute atomic E-state index is 0.615. The predicted octanol–water partition coefficient (Wildman–Crippen LogP) is 6.10. The molecule has 0 radical (unpaired) electrons. The van der Waals surface area contributed by atoms with E-state index < -0.39 is 0 Å². The van der Waals surface area contributed by atoms with Crippen molar-refractivity contribution < 1.29 is 0 Å². The first-order valence-electron chi connectivity index (χ1n) is 7.71. The lowest BCUT2D eigenvalue weighted by molar-refractivity contribution is 0.281. The maximum atomic E-state index is 2.47. The van der Waals surface area contributed by atoms with Crippen LogP contribution in [-0.4, -0.2) is 0 Å². The van der Waals surface area contributed by atoms with E-state index in [0.717, 1.165) is 0 Å². The van der Waals surface area contributed by atoms with E-state index in [1.54, 1.807) is 0 Å². The van der Waals surface area contributed by atoms with Crippen LogP contribution in [0.3, 0.4) is 0 Å². The molecule has 0 aliphatic heterocycles. The topological polar surface area (TPSA) is 0 Å². The zero-order valence-corrected chi connectivity index (χ0v) is 11.7. The van der Waals surface area contributed by atoms with Gasteiger partial charge < -0.3 is 0 Å². The molecule has 1 saturated carbocycles. The van der Waals surface area contributed by atoms with Crippen LogP contribution in [0, 0.1) is 5.41 Å². The second-order valence-corrected chi connectivity index (χ2v) is 6.55. The van der Waals surface area contributed by atoms with Gasteiger partial charge in [0, 0.05) is 0 Å². The van der Waals surface area contributed by atoms with Crippen molar-refractivity contribution in [2.75, 3.05) is 0 Å². The van der Waals surface area contributed by atoms with Crippen LogP contribution in [-0.2, 0) is 0 Å². The Balaban J connectivity index is 2.22. The summed E-state index contributed by atoms with van der Waals surface area (Å²) in [7, 11) is 0. The number of hydrogen-bond acceptors (Lipinski definition) is 0. The number of rotatable bonds is 0. The van der Waals surface area contributed by atoms with Crippen LogP contribution in [0.15, 0.2) is 0 Å². The average molecular weight is 224 g/mol. The van der Waals surface area contributed by atoms with Gasteiger partial charge in [-0.15, -0.1) is 0 Å². The monoisotopic (exact) mass is 224 g/mol. The number of hydrogen-bond donors (Lipinski definition) is 0. The summed E-state index contributed by atoms with van der Waals surface area (Å²) in [4.78, 5) is 0. The van der Waals surface area contributed by atoms with Gasteiger partial charge in [-0.3, -0.25) is 0 Å². The molecule has 0 N–H and O–H groups in total. The summed E-state index contributed by atoms with van der Waals surface area (Å²) in [5.41, 5.74) is 0.615. The van der Waals surface area contributed by atoms with Gasteiger partial charge in [0.05, 0.1) is 0 Å². The standard InChI is InChI=1S/C16H32/c1-16(2)14-12-10-8-6-4-3-5-7-9-11-13-15-16/h3-15H2,1-2H3. The maximum Gasteiger partial charge on any atom is -0.0354 e. The highest BCUT2D eigenvalue weighted by molar-refractivity contribution is 4.69. The van der Waals surface area contributed by atoms with E-state index in [9.17, 15) is 0 Å². The van der Waals surface area contributed by atoms with E-state index in [1.165, 1.54) is 83.5 Å². The molecule has 0 atom stereocenters. The van der Waals surface area contributed by atoms with Gasteiger partial charge in [-0.25, -0.2) is 0 Å². The highest BCUT2D eigenvalue weighted by Gasteiger charge is 2.16. The molecular weight excluding hydrogens is 192 g/mol. The van der Waals surface area contributed by atoms with Crippen LogP contribution in [0.5, 0.6) is 0 Å². The molecule has 1 aliphatic carbocycles. The third kappa shape index (κ3) is 7.30. The van der Waals surface area contributed by atoms with Crippen LogP contribution < -0.4 is 0 Å². The predicted molar refractivity (Wildman–Crippen MR) is 73.8 cm³/mol. The van der Waals surface area contributed by atoms with Crippen LogP contribution in [0.25, 0.3) is 0 Å². The summed E-state index contributed by atoms with van der Waals surface area (Å²) in [6.45, 7) is 4.94. The third-order valence-electron chi connectivity index (χ3n) is 4.21. The molecule has 1 aliphatic rings. The molecule has 16 heavy (non-hydrogen) atoms. The zero-order valence-electron chi connectivity index (χ0n) is 11.7. The molecule has 0 aromatic carbocycles. The molecule has 0 aromatic rings.